The molecule has 0 aromatic carbocycles. The maximum atomic E-state index is 12.6. The van der Waals surface area contributed by atoms with Gasteiger partial charge in [-0.25, -0.2) is 0 Å². The van der Waals surface area contributed by atoms with Crippen molar-refractivity contribution in [3.8, 4) is 0 Å². The van der Waals surface area contributed by atoms with Crippen LogP contribution < -0.4 is 5.32 Å². The van der Waals surface area contributed by atoms with Crippen molar-refractivity contribution in [3.05, 3.63) is 12.2 Å². The number of allylic oxidation sites excluding steroid dienone is 2. The molecule has 0 aromatic rings. The molecule has 0 heterocycles. The highest BCUT2D eigenvalue weighted by Gasteiger charge is 2.34. The van der Waals surface area contributed by atoms with Gasteiger partial charge in [-0.1, -0.05) is 39.8 Å². The van der Waals surface area contributed by atoms with Crippen molar-refractivity contribution in [2.45, 2.75) is 72.1 Å². The maximum Gasteiger partial charge on any atom is 0.163 e. The first-order chi connectivity index (χ1) is 11.7. The average Bonchev–Trinajstić information content (AvgIpc) is 2.56. The van der Waals surface area contributed by atoms with Gasteiger partial charge in [0.05, 0.1) is 24.7 Å². The Morgan fingerprint density at radius 2 is 1.80 bits per heavy atom. The highest BCUT2D eigenvalue weighted by molar-refractivity contribution is 5.88. The van der Waals surface area contributed by atoms with Crippen molar-refractivity contribution in [2.75, 3.05) is 20.6 Å². The van der Waals surface area contributed by atoms with E-state index in [0.717, 1.165) is 6.42 Å². The first kappa shape index (κ1) is 24.0. The fraction of sp³-hybridized carbons (Fsp3) is 0.800. The molecule has 0 bridgehead atoms. The quantitative estimate of drug-likeness (QED) is 0.497. The molecule has 0 rings (SSSR count). The Balaban J connectivity index is 5.14. The number of carbonyl (C=O) groups excluding carboxylic acids is 2. The second-order valence-electron chi connectivity index (χ2n) is 7.39. The Labute approximate surface area is 153 Å². The number of rotatable bonds is 13. The molecule has 0 radical (unpaired) electrons. The van der Waals surface area contributed by atoms with E-state index in [4.69, 9.17) is 0 Å². The van der Waals surface area contributed by atoms with Gasteiger partial charge in [0.2, 0.25) is 0 Å². The molecule has 0 aromatic heterocycles. The first-order valence-corrected chi connectivity index (χ1v) is 9.41. The van der Waals surface area contributed by atoms with Crippen molar-refractivity contribution in [2.24, 2.45) is 11.8 Å². The number of likely N-dealkylation sites (N-methyl/N-ethyl adjacent to an activating group) is 2. The monoisotopic (exact) mass is 354 g/mol. The van der Waals surface area contributed by atoms with Crippen LogP contribution in [-0.2, 0) is 9.59 Å². The van der Waals surface area contributed by atoms with Crippen LogP contribution in [0.15, 0.2) is 12.2 Å². The molecule has 0 spiro atoms. The number of hydrogen-bond donors (Lipinski definition) is 2. The number of Topliss-reactive ketones (excluding diaryl/α,β-unsaturated/α-hetero) is 2. The van der Waals surface area contributed by atoms with Crippen LogP contribution in [0.2, 0.25) is 0 Å². The Hall–Kier alpha value is -1.04. The number of ketones is 2. The zero-order valence-corrected chi connectivity index (χ0v) is 17.1. The van der Waals surface area contributed by atoms with Gasteiger partial charge in [-0.2, -0.15) is 0 Å². The molecule has 0 aliphatic carbocycles. The fourth-order valence-corrected chi connectivity index (χ4v) is 3.04. The van der Waals surface area contributed by atoms with Crippen LogP contribution in [0.3, 0.4) is 0 Å². The summed E-state index contributed by atoms with van der Waals surface area (Å²) in [6.07, 6.45) is 4.95. The first-order valence-electron chi connectivity index (χ1n) is 9.41. The third-order valence-corrected chi connectivity index (χ3v) is 4.65. The number of aliphatic hydroxyl groups excluding tert-OH is 1. The largest absolute Gasteiger partial charge is 0.391 e. The number of hydrogen-bond acceptors (Lipinski definition) is 5. The summed E-state index contributed by atoms with van der Waals surface area (Å²) in [6.45, 7) is 9.98. The molecule has 0 amide bonds. The number of nitrogens with zero attached hydrogens (tertiary/aromatic N) is 1. The minimum Gasteiger partial charge on any atom is -0.391 e. The Bertz CT molecular complexity index is 435. The van der Waals surface area contributed by atoms with Crippen molar-refractivity contribution >= 4 is 11.6 Å². The zero-order chi connectivity index (χ0) is 19.6. The minimum atomic E-state index is -0.792. The summed E-state index contributed by atoms with van der Waals surface area (Å²) in [7, 11) is 3.54. The summed E-state index contributed by atoms with van der Waals surface area (Å²) in [6, 6.07) is -0.872. The van der Waals surface area contributed by atoms with Gasteiger partial charge >= 0.3 is 0 Å². The molecule has 1 unspecified atom stereocenters. The Morgan fingerprint density at radius 3 is 2.24 bits per heavy atom. The predicted octanol–water partition coefficient (Wildman–Crippen LogP) is 2.43. The standard InChI is InChI=1S/C20H38N2O3/c1-8-10-11-15(5)20(25)19(17(23)9-2)22(7)13-18(24)16(21-6)12-14(3)4/h8,10,14-16,19-21,25H,9,11-13H2,1-7H3/b10-8+/t15-,16+,19?,20-/m1/s1. The van der Waals surface area contributed by atoms with Gasteiger partial charge in [-0.05, 0) is 45.7 Å². The second kappa shape index (κ2) is 12.3. The number of carbonyl (C=O) groups is 2. The van der Waals surface area contributed by atoms with Gasteiger partial charge in [-0.3, -0.25) is 14.5 Å². The van der Waals surface area contributed by atoms with Crippen LogP contribution in [0, 0.1) is 11.8 Å². The molecule has 0 saturated carbocycles. The summed E-state index contributed by atoms with van der Waals surface area (Å²) in [5.74, 6) is 0.386. The molecule has 25 heavy (non-hydrogen) atoms. The summed E-state index contributed by atoms with van der Waals surface area (Å²) in [5.41, 5.74) is 0. The summed E-state index contributed by atoms with van der Waals surface area (Å²) >= 11 is 0. The molecular formula is C20H38N2O3. The van der Waals surface area contributed by atoms with Gasteiger partial charge < -0.3 is 10.4 Å². The molecule has 0 aliphatic rings. The van der Waals surface area contributed by atoms with Crippen molar-refractivity contribution < 1.29 is 14.7 Å². The third kappa shape index (κ3) is 8.25. The molecule has 146 valence electrons. The normalized spacial score (nSPS) is 17.0. The summed E-state index contributed by atoms with van der Waals surface area (Å²) in [4.78, 5) is 26.7. The van der Waals surface area contributed by atoms with E-state index >= 15 is 0 Å². The van der Waals surface area contributed by atoms with E-state index in [2.05, 4.69) is 19.2 Å². The molecule has 4 atom stereocenters. The Morgan fingerprint density at radius 1 is 1.20 bits per heavy atom. The number of nitrogens with one attached hydrogen (secondary N) is 1. The lowest BCUT2D eigenvalue weighted by atomic mass is 9.90. The van der Waals surface area contributed by atoms with Crippen LogP contribution in [0.4, 0.5) is 0 Å². The second-order valence-corrected chi connectivity index (χ2v) is 7.39. The fourth-order valence-electron chi connectivity index (χ4n) is 3.04. The van der Waals surface area contributed by atoms with E-state index in [1.807, 2.05) is 26.0 Å². The van der Waals surface area contributed by atoms with Crippen LogP contribution in [0.5, 0.6) is 0 Å². The molecule has 0 saturated heterocycles. The average molecular weight is 355 g/mol. The summed E-state index contributed by atoms with van der Waals surface area (Å²) < 4.78 is 0. The lowest BCUT2D eigenvalue weighted by molar-refractivity contribution is -0.131. The van der Waals surface area contributed by atoms with Crippen LogP contribution >= 0.6 is 0 Å². The van der Waals surface area contributed by atoms with Crippen molar-refractivity contribution in [3.63, 3.8) is 0 Å². The van der Waals surface area contributed by atoms with Crippen LogP contribution in [-0.4, -0.2) is 60.4 Å². The zero-order valence-electron chi connectivity index (χ0n) is 17.1. The van der Waals surface area contributed by atoms with Crippen LogP contribution in [0.1, 0.15) is 53.9 Å². The predicted molar refractivity (Wildman–Crippen MR) is 104 cm³/mol. The molecule has 0 aliphatic heterocycles. The smallest absolute Gasteiger partial charge is 0.163 e. The summed E-state index contributed by atoms with van der Waals surface area (Å²) in [5, 5.41) is 13.8. The van der Waals surface area contributed by atoms with Gasteiger partial charge in [0.25, 0.3) is 0 Å². The van der Waals surface area contributed by atoms with E-state index in [9.17, 15) is 14.7 Å². The van der Waals surface area contributed by atoms with Gasteiger partial charge in [0, 0.05) is 6.42 Å². The molecule has 0 fully saturated rings. The van der Waals surface area contributed by atoms with Gasteiger partial charge in [-0.15, -0.1) is 0 Å². The molecular weight excluding hydrogens is 316 g/mol. The third-order valence-electron chi connectivity index (χ3n) is 4.65. The minimum absolute atomic E-state index is 0.0278. The molecule has 5 nitrogen and oxygen atoms in total. The van der Waals surface area contributed by atoms with Crippen LogP contribution in [0.25, 0.3) is 0 Å². The molecule has 5 heteroatoms. The van der Waals surface area contributed by atoms with E-state index in [1.165, 1.54) is 0 Å². The Kier molecular flexibility index (Phi) is 11.8. The number of aliphatic hydroxyl groups is 1. The SMILES string of the molecule is C/C=C/C[C@@H](C)[C@@H](O)C(C(=O)CC)N(C)CC(=O)[C@H](CC(C)C)NC. The highest BCUT2D eigenvalue weighted by Crippen LogP contribution is 2.18. The highest BCUT2D eigenvalue weighted by atomic mass is 16.3. The van der Waals surface area contributed by atoms with E-state index in [0.29, 0.717) is 18.8 Å². The van der Waals surface area contributed by atoms with Gasteiger partial charge in [0.15, 0.2) is 11.6 Å². The lowest BCUT2D eigenvalue weighted by Crippen LogP contribution is -2.52. The van der Waals surface area contributed by atoms with Crippen molar-refractivity contribution in [1.29, 1.82) is 0 Å². The van der Waals surface area contributed by atoms with Gasteiger partial charge in [0.1, 0.15) is 0 Å². The topological polar surface area (TPSA) is 69.6 Å². The van der Waals surface area contributed by atoms with E-state index < -0.39 is 12.1 Å². The molecule has 2 N–H and O–H groups in total. The lowest BCUT2D eigenvalue weighted by Gasteiger charge is -2.33. The van der Waals surface area contributed by atoms with E-state index in [-0.39, 0.29) is 30.1 Å². The van der Waals surface area contributed by atoms with Crippen molar-refractivity contribution in [1.82, 2.24) is 10.2 Å². The maximum absolute atomic E-state index is 12.6. The van der Waals surface area contributed by atoms with E-state index in [1.54, 1.807) is 25.9 Å².